The van der Waals surface area contributed by atoms with E-state index in [4.69, 9.17) is 16.1 Å². The average molecular weight is 425 g/mol. The SMILES string of the molecule is CN(C(=O)c1cc(-c2cccc(Cl)c2)on1)C1CCN(CCc2ccccn2)CC1. The fourth-order valence-electron chi connectivity index (χ4n) is 3.85. The molecule has 2 aromatic heterocycles. The quantitative estimate of drug-likeness (QED) is 0.594. The van der Waals surface area contributed by atoms with E-state index in [1.165, 1.54) is 0 Å². The van der Waals surface area contributed by atoms with Gasteiger partial charge >= 0.3 is 0 Å². The van der Waals surface area contributed by atoms with Crippen molar-refractivity contribution in [1.29, 1.82) is 0 Å². The van der Waals surface area contributed by atoms with Crippen LogP contribution in [0.5, 0.6) is 0 Å². The number of benzene rings is 1. The van der Waals surface area contributed by atoms with Crippen LogP contribution in [0.1, 0.15) is 29.0 Å². The highest BCUT2D eigenvalue weighted by Gasteiger charge is 2.27. The highest BCUT2D eigenvalue weighted by molar-refractivity contribution is 6.30. The Morgan fingerprint density at radius 3 is 2.77 bits per heavy atom. The molecule has 1 saturated heterocycles. The van der Waals surface area contributed by atoms with Gasteiger partial charge in [-0.05, 0) is 37.1 Å². The third kappa shape index (κ3) is 4.89. The topological polar surface area (TPSA) is 62.5 Å². The molecule has 1 aromatic carbocycles. The first-order chi connectivity index (χ1) is 14.6. The minimum absolute atomic E-state index is 0.112. The van der Waals surface area contributed by atoms with Gasteiger partial charge in [0.25, 0.3) is 5.91 Å². The maximum absolute atomic E-state index is 12.9. The Morgan fingerprint density at radius 1 is 1.20 bits per heavy atom. The fraction of sp³-hybridized carbons (Fsp3) is 0.348. The number of rotatable bonds is 6. The molecule has 0 N–H and O–H groups in total. The number of amides is 1. The number of carbonyl (C=O) groups excluding carboxylic acids is 1. The van der Waals surface area contributed by atoms with Crippen LogP contribution in [-0.4, -0.2) is 58.6 Å². The summed E-state index contributed by atoms with van der Waals surface area (Å²) in [6.45, 7) is 2.94. The summed E-state index contributed by atoms with van der Waals surface area (Å²) in [6, 6.07) is 15.2. The van der Waals surface area contributed by atoms with E-state index >= 15 is 0 Å². The third-order valence-corrected chi connectivity index (χ3v) is 5.91. The zero-order valence-electron chi connectivity index (χ0n) is 17.0. The van der Waals surface area contributed by atoms with Gasteiger partial charge in [0.15, 0.2) is 11.5 Å². The van der Waals surface area contributed by atoms with Gasteiger partial charge < -0.3 is 14.3 Å². The Balaban J connectivity index is 1.31. The highest BCUT2D eigenvalue weighted by Crippen LogP contribution is 2.25. The van der Waals surface area contributed by atoms with Gasteiger partial charge in [-0.3, -0.25) is 9.78 Å². The Morgan fingerprint density at radius 2 is 2.03 bits per heavy atom. The second-order valence-corrected chi connectivity index (χ2v) is 8.08. The number of piperidine rings is 1. The number of likely N-dealkylation sites (tertiary alicyclic amines) is 1. The van der Waals surface area contributed by atoms with Gasteiger partial charge in [-0.1, -0.05) is 35.0 Å². The molecule has 1 amide bonds. The first-order valence-electron chi connectivity index (χ1n) is 10.2. The van der Waals surface area contributed by atoms with E-state index in [1.807, 2.05) is 37.5 Å². The van der Waals surface area contributed by atoms with E-state index in [1.54, 1.807) is 23.1 Å². The zero-order chi connectivity index (χ0) is 20.9. The summed E-state index contributed by atoms with van der Waals surface area (Å²) in [5.41, 5.74) is 2.25. The standard InChI is InChI=1S/C23H25ClN4O2/c1-27(20-9-13-28(14-10-20)12-8-19-7-2-3-11-25-19)23(29)21-16-22(30-26-21)17-5-4-6-18(24)15-17/h2-7,11,15-16,20H,8-10,12-14H2,1H3. The van der Waals surface area contributed by atoms with Crippen LogP contribution in [-0.2, 0) is 6.42 Å². The molecule has 0 aliphatic carbocycles. The van der Waals surface area contributed by atoms with E-state index in [0.717, 1.165) is 50.2 Å². The van der Waals surface area contributed by atoms with Crippen LogP contribution in [0.2, 0.25) is 5.02 Å². The first-order valence-corrected chi connectivity index (χ1v) is 10.6. The van der Waals surface area contributed by atoms with Crippen molar-refractivity contribution in [2.75, 3.05) is 26.7 Å². The third-order valence-electron chi connectivity index (χ3n) is 5.67. The maximum Gasteiger partial charge on any atom is 0.276 e. The molecule has 7 heteroatoms. The molecule has 1 aliphatic heterocycles. The Labute approximate surface area is 181 Å². The van der Waals surface area contributed by atoms with Crippen LogP contribution in [0.4, 0.5) is 0 Å². The lowest BCUT2D eigenvalue weighted by Gasteiger charge is -2.36. The summed E-state index contributed by atoms with van der Waals surface area (Å²) in [7, 11) is 1.85. The van der Waals surface area contributed by atoms with Crippen molar-refractivity contribution in [3.63, 3.8) is 0 Å². The monoisotopic (exact) mass is 424 g/mol. The van der Waals surface area contributed by atoms with Crippen molar-refractivity contribution in [2.24, 2.45) is 0 Å². The van der Waals surface area contributed by atoms with Gasteiger partial charge in [0, 0.05) is 67.7 Å². The number of pyridine rings is 1. The van der Waals surface area contributed by atoms with Gasteiger partial charge in [0.05, 0.1) is 0 Å². The predicted octanol–water partition coefficient (Wildman–Crippen LogP) is 4.17. The molecule has 0 radical (unpaired) electrons. The molecule has 0 unspecified atom stereocenters. The summed E-state index contributed by atoms with van der Waals surface area (Å²) in [5.74, 6) is 0.428. The minimum atomic E-state index is -0.112. The van der Waals surface area contributed by atoms with Gasteiger partial charge in [0.1, 0.15) is 0 Å². The highest BCUT2D eigenvalue weighted by atomic mass is 35.5. The van der Waals surface area contributed by atoms with E-state index in [9.17, 15) is 4.79 Å². The minimum Gasteiger partial charge on any atom is -0.355 e. The number of nitrogens with zero attached hydrogens (tertiary/aromatic N) is 4. The Kier molecular flexibility index (Phi) is 6.45. The van der Waals surface area contributed by atoms with Gasteiger partial charge in [-0.15, -0.1) is 0 Å². The van der Waals surface area contributed by atoms with E-state index in [2.05, 4.69) is 21.1 Å². The van der Waals surface area contributed by atoms with E-state index < -0.39 is 0 Å². The van der Waals surface area contributed by atoms with Gasteiger partial charge in [-0.25, -0.2) is 0 Å². The van der Waals surface area contributed by atoms with Crippen LogP contribution < -0.4 is 0 Å². The van der Waals surface area contributed by atoms with E-state index in [-0.39, 0.29) is 11.9 Å². The normalized spacial score (nSPS) is 15.3. The summed E-state index contributed by atoms with van der Waals surface area (Å²) in [6.07, 6.45) is 4.68. The molecule has 0 bridgehead atoms. The second kappa shape index (κ2) is 9.41. The average Bonchev–Trinajstić information content (AvgIpc) is 3.28. The van der Waals surface area contributed by atoms with Crippen molar-refractivity contribution in [1.82, 2.24) is 19.9 Å². The molecule has 1 aliphatic rings. The molecule has 30 heavy (non-hydrogen) atoms. The van der Waals surface area contributed by atoms with Crippen molar-refractivity contribution < 1.29 is 9.32 Å². The van der Waals surface area contributed by atoms with Crippen molar-refractivity contribution >= 4 is 17.5 Å². The summed E-state index contributed by atoms with van der Waals surface area (Å²) in [4.78, 5) is 21.5. The zero-order valence-corrected chi connectivity index (χ0v) is 17.8. The molecule has 3 aromatic rings. The number of hydrogen-bond acceptors (Lipinski definition) is 5. The molecule has 3 heterocycles. The Hall–Kier alpha value is -2.70. The number of halogens is 1. The summed E-state index contributed by atoms with van der Waals surface area (Å²) < 4.78 is 5.39. The summed E-state index contributed by atoms with van der Waals surface area (Å²) >= 11 is 6.04. The van der Waals surface area contributed by atoms with Crippen molar-refractivity contribution in [3.8, 4) is 11.3 Å². The maximum atomic E-state index is 12.9. The first kappa shape index (κ1) is 20.6. The van der Waals surface area contributed by atoms with Crippen LogP contribution >= 0.6 is 11.6 Å². The molecular formula is C23H25ClN4O2. The lowest BCUT2D eigenvalue weighted by atomic mass is 10.0. The molecule has 1 fully saturated rings. The molecule has 0 saturated carbocycles. The number of carbonyl (C=O) groups is 1. The van der Waals surface area contributed by atoms with Crippen LogP contribution in [0.3, 0.4) is 0 Å². The molecule has 156 valence electrons. The predicted molar refractivity (Wildman–Crippen MR) is 116 cm³/mol. The van der Waals surface area contributed by atoms with Crippen LogP contribution in [0, 0.1) is 0 Å². The van der Waals surface area contributed by atoms with Crippen molar-refractivity contribution in [3.05, 3.63) is 71.1 Å². The second-order valence-electron chi connectivity index (χ2n) is 7.65. The van der Waals surface area contributed by atoms with Crippen LogP contribution in [0.25, 0.3) is 11.3 Å². The van der Waals surface area contributed by atoms with Crippen molar-refractivity contribution in [2.45, 2.75) is 25.3 Å². The van der Waals surface area contributed by atoms with Gasteiger partial charge in [0.2, 0.25) is 0 Å². The van der Waals surface area contributed by atoms with E-state index in [0.29, 0.717) is 16.5 Å². The molecular weight excluding hydrogens is 400 g/mol. The molecule has 6 nitrogen and oxygen atoms in total. The molecule has 0 spiro atoms. The fourth-order valence-corrected chi connectivity index (χ4v) is 4.04. The number of hydrogen-bond donors (Lipinski definition) is 0. The van der Waals surface area contributed by atoms with Gasteiger partial charge in [-0.2, -0.15) is 0 Å². The largest absolute Gasteiger partial charge is 0.355 e. The smallest absolute Gasteiger partial charge is 0.276 e. The molecule has 0 atom stereocenters. The summed E-state index contributed by atoms with van der Waals surface area (Å²) in [5, 5.41) is 4.60. The Bertz CT molecular complexity index is 984. The lowest BCUT2D eigenvalue weighted by molar-refractivity contribution is 0.0633. The number of aromatic nitrogens is 2. The lowest BCUT2D eigenvalue weighted by Crippen LogP contribution is -2.46. The van der Waals surface area contributed by atoms with Crippen LogP contribution in [0.15, 0.2) is 59.3 Å². The molecule has 4 rings (SSSR count).